The average Bonchev–Trinajstić information content (AvgIpc) is 3.66. The number of carbonyl (C=O) groups is 2. The van der Waals surface area contributed by atoms with Gasteiger partial charge in [0.2, 0.25) is 11.3 Å². The number of piperazine rings is 1. The van der Waals surface area contributed by atoms with Crippen LogP contribution in [0, 0.1) is 19.7 Å². The summed E-state index contributed by atoms with van der Waals surface area (Å²) in [5.41, 5.74) is 3.20. The molecule has 1 saturated heterocycles. The van der Waals surface area contributed by atoms with Crippen LogP contribution in [0.15, 0.2) is 41.3 Å². The Hall–Kier alpha value is -3.68. The Morgan fingerprint density at radius 3 is 2.37 bits per heavy atom. The molecule has 0 spiro atoms. The molecule has 2 amide bonds. The predicted octanol–water partition coefficient (Wildman–Crippen LogP) is 4.01. The number of hydrogen-bond donors (Lipinski definition) is 1. The van der Waals surface area contributed by atoms with Gasteiger partial charge in [0.15, 0.2) is 0 Å². The van der Waals surface area contributed by atoms with Gasteiger partial charge in [-0.05, 0) is 50.5 Å². The van der Waals surface area contributed by atoms with E-state index >= 15 is 4.39 Å². The second-order valence-electron chi connectivity index (χ2n) is 9.60. The van der Waals surface area contributed by atoms with Crippen LogP contribution in [0.25, 0.3) is 10.9 Å². The van der Waals surface area contributed by atoms with Gasteiger partial charge in [-0.15, -0.1) is 0 Å². The number of rotatable bonds is 4. The highest BCUT2D eigenvalue weighted by atomic mass is 19.1. The van der Waals surface area contributed by atoms with Gasteiger partial charge in [-0.1, -0.05) is 17.7 Å². The first kappa shape index (κ1) is 23.1. The standard InChI is InChI=1S/C27H29FN4O3/c1-16-4-7-23(17(2)12-16)29-27(35)21-15-32(19-5-6-19)24-14-25(22(28)13-20(24)26(21)34)31-10-8-30(9-11-31)18(3)33/h4,7,12-15,19H,5-6,8-11H2,1-3H3,(H,29,35). The molecule has 0 radical (unpaired) electrons. The molecule has 7 nitrogen and oxygen atoms in total. The lowest BCUT2D eigenvalue weighted by Gasteiger charge is -2.36. The Balaban J connectivity index is 1.53. The monoisotopic (exact) mass is 476 g/mol. The van der Waals surface area contributed by atoms with Gasteiger partial charge >= 0.3 is 0 Å². The molecule has 2 aromatic carbocycles. The summed E-state index contributed by atoms with van der Waals surface area (Å²) < 4.78 is 17.2. The van der Waals surface area contributed by atoms with Crippen LogP contribution in [0.2, 0.25) is 0 Å². The molecule has 0 atom stereocenters. The highest BCUT2D eigenvalue weighted by Gasteiger charge is 2.29. The molecule has 0 bridgehead atoms. The van der Waals surface area contributed by atoms with E-state index in [9.17, 15) is 14.4 Å². The van der Waals surface area contributed by atoms with Crippen molar-refractivity contribution in [3.63, 3.8) is 0 Å². The number of pyridine rings is 1. The molecule has 2 heterocycles. The van der Waals surface area contributed by atoms with Crippen molar-refractivity contribution < 1.29 is 14.0 Å². The molecule has 8 heteroatoms. The van der Waals surface area contributed by atoms with Gasteiger partial charge < -0.3 is 19.7 Å². The van der Waals surface area contributed by atoms with E-state index in [1.807, 2.05) is 41.5 Å². The van der Waals surface area contributed by atoms with Gasteiger partial charge in [-0.3, -0.25) is 14.4 Å². The van der Waals surface area contributed by atoms with Gasteiger partial charge in [0.05, 0.1) is 11.2 Å². The minimum atomic E-state index is -0.500. The van der Waals surface area contributed by atoms with Crippen LogP contribution in [-0.2, 0) is 4.79 Å². The minimum Gasteiger partial charge on any atom is -0.366 e. The van der Waals surface area contributed by atoms with Crippen molar-refractivity contribution in [2.45, 2.75) is 39.7 Å². The molecule has 1 aromatic heterocycles. The summed E-state index contributed by atoms with van der Waals surface area (Å²) in [5.74, 6) is -0.985. The molecule has 2 fully saturated rings. The summed E-state index contributed by atoms with van der Waals surface area (Å²) in [7, 11) is 0. The summed E-state index contributed by atoms with van der Waals surface area (Å²) in [6.07, 6.45) is 3.51. The zero-order chi connectivity index (χ0) is 24.9. The summed E-state index contributed by atoms with van der Waals surface area (Å²) in [6, 6.07) is 8.85. The Bertz CT molecular complexity index is 1400. The van der Waals surface area contributed by atoms with E-state index in [4.69, 9.17) is 0 Å². The Kier molecular flexibility index (Phi) is 5.83. The number of fused-ring (bicyclic) bond motifs is 1. The first-order valence-corrected chi connectivity index (χ1v) is 12.0. The third-order valence-corrected chi connectivity index (χ3v) is 6.98. The molecular formula is C27H29FN4O3. The number of nitrogens with one attached hydrogen (secondary N) is 1. The van der Waals surface area contributed by atoms with Crippen molar-refractivity contribution in [2.75, 3.05) is 36.4 Å². The van der Waals surface area contributed by atoms with E-state index < -0.39 is 17.2 Å². The lowest BCUT2D eigenvalue weighted by atomic mass is 10.1. The molecule has 182 valence electrons. The number of carbonyl (C=O) groups excluding carboxylic acids is 2. The predicted molar refractivity (Wildman–Crippen MR) is 135 cm³/mol. The van der Waals surface area contributed by atoms with Crippen LogP contribution < -0.4 is 15.6 Å². The second-order valence-corrected chi connectivity index (χ2v) is 9.60. The van der Waals surface area contributed by atoms with Crippen molar-refractivity contribution in [1.82, 2.24) is 9.47 Å². The third-order valence-electron chi connectivity index (χ3n) is 6.98. The molecule has 1 saturated carbocycles. The van der Waals surface area contributed by atoms with Gasteiger partial charge in [0.1, 0.15) is 11.4 Å². The molecule has 5 rings (SSSR count). The summed E-state index contributed by atoms with van der Waals surface area (Å²) in [5, 5.41) is 3.05. The number of benzene rings is 2. The fourth-order valence-electron chi connectivity index (χ4n) is 4.82. The normalized spacial score (nSPS) is 16.0. The van der Waals surface area contributed by atoms with Crippen LogP contribution in [-0.4, -0.2) is 47.5 Å². The molecule has 1 aliphatic carbocycles. The van der Waals surface area contributed by atoms with E-state index in [0.717, 1.165) is 24.0 Å². The van der Waals surface area contributed by atoms with Crippen LogP contribution in [0.5, 0.6) is 0 Å². The number of aryl methyl sites for hydroxylation is 2. The Labute approximate surface area is 203 Å². The number of anilines is 2. The largest absolute Gasteiger partial charge is 0.366 e. The smallest absolute Gasteiger partial charge is 0.261 e. The number of nitrogens with zero attached hydrogens (tertiary/aromatic N) is 3. The van der Waals surface area contributed by atoms with Crippen molar-refractivity contribution in [3.05, 3.63) is 69.3 Å². The summed E-state index contributed by atoms with van der Waals surface area (Å²) in [4.78, 5) is 41.8. The zero-order valence-electron chi connectivity index (χ0n) is 20.2. The minimum absolute atomic E-state index is 0.00611. The summed E-state index contributed by atoms with van der Waals surface area (Å²) >= 11 is 0. The zero-order valence-corrected chi connectivity index (χ0v) is 20.2. The second kappa shape index (κ2) is 8.83. The Morgan fingerprint density at radius 2 is 1.74 bits per heavy atom. The van der Waals surface area contributed by atoms with E-state index in [1.165, 1.54) is 13.0 Å². The summed E-state index contributed by atoms with van der Waals surface area (Å²) in [6.45, 7) is 7.51. The number of aromatic nitrogens is 1. The number of amides is 2. The van der Waals surface area contributed by atoms with Crippen LogP contribution in [0.4, 0.5) is 15.8 Å². The van der Waals surface area contributed by atoms with Gasteiger partial charge in [0, 0.05) is 56.4 Å². The lowest BCUT2D eigenvalue weighted by molar-refractivity contribution is -0.129. The molecule has 3 aromatic rings. The molecule has 35 heavy (non-hydrogen) atoms. The molecule has 0 unspecified atom stereocenters. The topological polar surface area (TPSA) is 74.7 Å². The number of hydrogen-bond acceptors (Lipinski definition) is 4. The molecular weight excluding hydrogens is 447 g/mol. The van der Waals surface area contributed by atoms with E-state index in [2.05, 4.69) is 5.32 Å². The maximum Gasteiger partial charge on any atom is 0.261 e. The third kappa shape index (κ3) is 4.40. The van der Waals surface area contributed by atoms with Crippen molar-refractivity contribution in [3.8, 4) is 0 Å². The van der Waals surface area contributed by atoms with Crippen molar-refractivity contribution >= 4 is 34.1 Å². The van der Waals surface area contributed by atoms with Crippen molar-refractivity contribution in [1.29, 1.82) is 0 Å². The first-order chi connectivity index (χ1) is 16.7. The van der Waals surface area contributed by atoms with E-state index in [1.54, 1.807) is 17.2 Å². The van der Waals surface area contributed by atoms with Crippen LogP contribution >= 0.6 is 0 Å². The van der Waals surface area contributed by atoms with Crippen LogP contribution in [0.3, 0.4) is 0 Å². The average molecular weight is 477 g/mol. The molecule has 2 aliphatic rings. The molecule has 1 N–H and O–H groups in total. The maximum atomic E-state index is 15.3. The van der Waals surface area contributed by atoms with Gasteiger partial charge in [-0.25, -0.2) is 4.39 Å². The SMILES string of the molecule is CC(=O)N1CCN(c2cc3c(cc2F)c(=O)c(C(=O)Nc2ccc(C)cc2C)cn3C2CC2)CC1. The van der Waals surface area contributed by atoms with Gasteiger partial charge in [0.25, 0.3) is 5.91 Å². The Morgan fingerprint density at radius 1 is 1.03 bits per heavy atom. The van der Waals surface area contributed by atoms with E-state index in [-0.39, 0.29) is 22.9 Å². The molecule has 1 aliphatic heterocycles. The fourth-order valence-corrected chi connectivity index (χ4v) is 4.82. The van der Waals surface area contributed by atoms with Crippen LogP contribution in [0.1, 0.15) is 47.3 Å². The first-order valence-electron chi connectivity index (χ1n) is 12.0. The maximum absolute atomic E-state index is 15.3. The lowest BCUT2D eigenvalue weighted by Crippen LogP contribution is -2.48. The highest BCUT2D eigenvalue weighted by molar-refractivity contribution is 6.06. The van der Waals surface area contributed by atoms with E-state index in [0.29, 0.717) is 43.1 Å². The van der Waals surface area contributed by atoms with Crippen molar-refractivity contribution in [2.24, 2.45) is 0 Å². The quantitative estimate of drug-likeness (QED) is 0.618. The van der Waals surface area contributed by atoms with Gasteiger partial charge in [-0.2, -0.15) is 0 Å². The fraction of sp³-hybridized carbons (Fsp3) is 0.370. The highest BCUT2D eigenvalue weighted by Crippen LogP contribution is 2.38. The number of halogens is 1.